The molecular weight excluding hydrogens is 238 g/mol. The molecule has 0 saturated carbocycles. The highest BCUT2D eigenvalue weighted by atomic mass is 16.5. The Morgan fingerprint density at radius 2 is 1.83 bits per heavy atom. The van der Waals surface area contributed by atoms with E-state index in [4.69, 9.17) is 0 Å². The van der Waals surface area contributed by atoms with Crippen molar-refractivity contribution in [3.05, 3.63) is 0 Å². The number of esters is 1. The minimum atomic E-state index is -0.500. The molecule has 0 atom stereocenters. The topological polar surface area (TPSA) is 96.5 Å². The van der Waals surface area contributed by atoms with E-state index in [1.807, 2.05) is 13.8 Å². The van der Waals surface area contributed by atoms with Gasteiger partial charge in [-0.15, -0.1) is 0 Å². The molecule has 0 unspecified atom stereocenters. The second-order valence-corrected chi connectivity index (χ2v) is 3.89. The minimum absolute atomic E-state index is 0.0788. The summed E-state index contributed by atoms with van der Waals surface area (Å²) in [5, 5.41) is 7.49. The first-order valence-electron chi connectivity index (χ1n) is 5.92. The summed E-state index contributed by atoms with van der Waals surface area (Å²) >= 11 is 0. The quantitative estimate of drug-likeness (QED) is 0.550. The van der Waals surface area contributed by atoms with Crippen LogP contribution in [0, 0.1) is 0 Å². The molecule has 0 aromatic heterocycles. The molecule has 0 bridgehead atoms. The molecule has 0 fully saturated rings. The Morgan fingerprint density at radius 1 is 1.17 bits per heavy atom. The largest absolute Gasteiger partial charge is 0.465 e. The summed E-state index contributed by atoms with van der Waals surface area (Å²) in [5.41, 5.74) is 0. The number of urea groups is 1. The van der Waals surface area contributed by atoms with Gasteiger partial charge in [-0.25, -0.2) is 4.79 Å². The van der Waals surface area contributed by atoms with Crippen LogP contribution in [-0.4, -0.2) is 43.6 Å². The van der Waals surface area contributed by atoms with E-state index in [-0.39, 0.29) is 38.1 Å². The molecule has 0 aliphatic heterocycles. The summed E-state index contributed by atoms with van der Waals surface area (Å²) in [5.74, 6) is -0.624. The fourth-order valence-electron chi connectivity index (χ4n) is 1.11. The molecule has 0 spiro atoms. The Labute approximate surface area is 107 Å². The Bertz CT molecular complexity index is 292. The van der Waals surface area contributed by atoms with Crippen molar-refractivity contribution in [1.29, 1.82) is 0 Å². The zero-order chi connectivity index (χ0) is 14.0. The van der Waals surface area contributed by atoms with Gasteiger partial charge in [0.2, 0.25) is 5.91 Å². The molecule has 18 heavy (non-hydrogen) atoms. The molecule has 7 heteroatoms. The van der Waals surface area contributed by atoms with Crippen LogP contribution in [0.25, 0.3) is 0 Å². The predicted molar refractivity (Wildman–Crippen MR) is 65.9 cm³/mol. The van der Waals surface area contributed by atoms with Gasteiger partial charge in [-0.2, -0.15) is 0 Å². The smallest absolute Gasteiger partial charge is 0.325 e. The molecule has 0 heterocycles. The van der Waals surface area contributed by atoms with Gasteiger partial charge in [-0.3, -0.25) is 9.59 Å². The normalized spacial score (nSPS) is 9.78. The Morgan fingerprint density at radius 3 is 2.39 bits per heavy atom. The zero-order valence-corrected chi connectivity index (χ0v) is 11.0. The van der Waals surface area contributed by atoms with E-state index in [0.717, 1.165) is 0 Å². The van der Waals surface area contributed by atoms with Crippen LogP contribution in [0.5, 0.6) is 0 Å². The number of hydrogen-bond donors (Lipinski definition) is 3. The summed E-state index contributed by atoms with van der Waals surface area (Å²) in [6.45, 7) is 5.71. The number of ether oxygens (including phenoxy) is 1. The Kier molecular flexibility index (Phi) is 8.34. The first-order chi connectivity index (χ1) is 8.45. The van der Waals surface area contributed by atoms with Gasteiger partial charge in [0, 0.05) is 19.0 Å². The Balaban J connectivity index is 3.59. The molecule has 0 aromatic carbocycles. The number of hydrogen-bond acceptors (Lipinski definition) is 4. The van der Waals surface area contributed by atoms with E-state index in [9.17, 15) is 14.4 Å². The van der Waals surface area contributed by atoms with Crippen molar-refractivity contribution in [1.82, 2.24) is 16.0 Å². The lowest BCUT2D eigenvalue weighted by molar-refractivity contribution is -0.141. The number of carbonyl (C=O) groups is 3. The third kappa shape index (κ3) is 9.44. The summed E-state index contributed by atoms with van der Waals surface area (Å²) in [6.07, 6.45) is 0.199. The maximum Gasteiger partial charge on any atom is 0.325 e. The standard InChI is InChI=1S/C11H21N3O4/c1-4-18-10(16)7-13-11(17)12-6-5-9(15)14-8(2)3/h8H,4-7H2,1-3H3,(H,14,15)(H2,12,13,17). The fourth-order valence-corrected chi connectivity index (χ4v) is 1.11. The first-order valence-corrected chi connectivity index (χ1v) is 5.92. The number of carbonyl (C=O) groups excluding carboxylic acids is 3. The number of rotatable bonds is 7. The molecule has 104 valence electrons. The third-order valence-electron chi connectivity index (χ3n) is 1.79. The molecule has 0 saturated heterocycles. The van der Waals surface area contributed by atoms with Gasteiger partial charge >= 0.3 is 12.0 Å². The predicted octanol–water partition coefficient (Wildman–Crippen LogP) is -0.237. The molecule has 3 amide bonds. The van der Waals surface area contributed by atoms with Crippen LogP contribution in [-0.2, 0) is 14.3 Å². The highest BCUT2D eigenvalue weighted by Crippen LogP contribution is 1.82. The van der Waals surface area contributed by atoms with Crippen LogP contribution in [0.15, 0.2) is 0 Å². The molecule has 0 aliphatic carbocycles. The average Bonchev–Trinajstić information content (AvgIpc) is 2.25. The SMILES string of the molecule is CCOC(=O)CNC(=O)NCCC(=O)NC(C)C. The molecular formula is C11H21N3O4. The second kappa shape index (κ2) is 9.26. The van der Waals surface area contributed by atoms with Gasteiger partial charge in [0.05, 0.1) is 6.61 Å². The van der Waals surface area contributed by atoms with E-state index in [1.165, 1.54) is 0 Å². The van der Waals surface area contributed by atoms with Crippen LogP contribution in [0.2, 0.25) is 0 Å². The van der Waals surface area contributed by atoms with Crippen LogP contribution < -0.4 is 16.0 Å². The highest BCUT2D eigenvalue weighted by Gasteiger charge is 2.06. The maximum absolute atomic E-state index is 11.2. The summed E-state index contributed by atoms with van der Waals surface area (Å²) < 4.78 is 4.63. The molecule has 3 N–H and O–H groups in total. The number of nitrogens with one attached hydrogen (secondary N) is 3. The van der Waals surface area contributed by atoms with E-state index < -0.39 is 12.0 Å². The summed E-state index contributed by atoms with van der Waals surface area (Å²) in [7, 11) is 0. The van der Waals surface area contributed by atoms with Gasteiger partial charge in [-0.05, 0) is 20.8 Å². The fraction of sp³-hybridized carbons (Fsp3) is 0.727. The van der Waals surface area contributed by atoms with Crippen molar-refractivity contribution in [3.63, 3.8) is 0 Å². The zero-order valence-electron chi connectivity index (χ0n) is 11.0. The van der Waals surface area contributed by atoms with Gasteiger partial charge in [0.25, 0.3) is 0 Å². The minimum Gasteiger partial charge on any atom is -0.465 e. The Hall–Kier alpha value is -1.79. The summed E-state index contributed by atoms with van der Waals surface area (Å²) in [4.78, 5) is 33.3. The third-order valence-corrected chi connectivity index (χ3v) is 1.79. The lowest BCUT2D eigenvalue weighted by Gasteiger charge is -2.09. The first kappa shape index (κ1) is 16.2. The highest BCUT2D eigenvalue weighted by molar-refractivity contribution is 5.81. The van der Waals surface area contributed by atoms with Crippen LogP contribution in [0.3, 0.4) is 0 Å². The van der Waals surface area contributed by atoms with E-state index in [2.05, 4.69) is 20.7 Å². The number of amides is 3. The van der Waals surface area contributed by atoms with Gasteiger partial charge in [0.15, 0.2) is 0 Å². The van der Waals surface area contributed by atoms with Crippen molar-refractivity contribution in [2.45, 2.75) is 33.2 Å². The average molecular weight is 259 g/mol. The molecule has 0 radical (unpaired) electrons. The van der Waals surface area contributed by atoms with Crippen molar-refractivity contribution in [2.75, 3.05) is 19.7 Å². The maximum atomic E-state index is 11.2. The molecule has 0 aromatic rings. The van der Waals surface area contributed by atoms with Gasteiger partial charge in [-0.1, -0.05) is 0 Å². The lowest BCUT2D eigenvalue weighted by Crippen LogP contribution is -2.41. The van der Waals surface area contributed by atoms with Crippen molar-refractivity contribution < 1.29 is 19.1 Å². The van der Waals surface area contributed by atoms with Gasteiger partial charge in [0.1, 0.15) is 6.54 Å². The molecule has 0 aliphatic rings. The van der Waals surface area contributed by atoms with Crippen LogP contribution >= 0.6 is 0 Å². The van der Waals surface area contributed by atoms with Crippen LogP contribution in [0.1, 0.15) is 27.2 Å². The van der Waals surface area contributed by atoms with E-state index in [1.54, 1.807) is 6.92 Å². The van der Waals surface area contributed by atoms with Gasteiger partial charge < -0.3 is 20.7 Å². The van der Waals surface area contributed by atoms with Crippen molar-refractivity contribution in [2.24, 2.45) is 0 Å². The van der Waals surface area contributed by atoms with E-state index in [0.29, 0.717) is 0 Å². The summed E-state index contributed by atoms with van der Waals surface area (Å²) in [6, 6.07) is -0.421. The van der Waals surface area contributed by atoms with Crippen LogP contribution in [0.4, 0.5) is 4.79 Å². The second-order valence-electron chi connectivity index (χ2n) is 3.89. The van der Waals surface area contributed by atoms with Crippen molar-refractivity contribution >= 4 is 17.9 Å². The lowest BCUT2D eigenvalue weighted by atomic mass is 10.3. The molecule has 0 rings (SSSR count). The molecule has 7 nitrogen and oxygen atoms in total. The monoisotopic (exact) mass is 259 g/mol. The van der Waals surface area contributed by atoms with Crippen molar-refractivity contribution in [3.8, 4) is 0 Å². The van der Waals surface area contributed by atoms with E-state index >= 15 is 0 Å².